The van der Waals surface area contributed by atoms with Gasteiger partial charge in [0.15, 0.2) is 0 Å². The summed E-state index contributed by atoms with van der Waals surface area (Å²) in [6, 6.07) is 13.9. The third-order valence-corrected chi connectivity index (χ3v) is 6.59. The lowest BCUT2D eigenvalue weighted by Gasteiger charge is -2.33. The molecule has 1 saturated heterocycles. The quantitative estimate of drug-likeness (QED) is 0.606. The van der Waals surface area contributed by atoms with E-state index in [-0.39, 0.29) is 43.4 Å². The molecule has 2 aromatic carbocycles. The third-order valence-electron chi connectivity index (χ3n) is 6.59. The smallest absolute Gasteiger partial charge is 0.257 e. The largest absolute Gasteiger partial charge is 0.488 e. The van der Waals surface area contributed by atoms with Gasteiger partial charge in [0.05, 0.1) is 18.2 Å². The van der Waals surface area contributed by atoms with Crippen LogP contribution in [0.4, 0.5) is 0 Å². The summed E-state index contributed by atoms with van der Waals surface area (Å²) in [5.74, 6) is 1.14. The Labute approximate surface area is 219 Å². The summed E-state index contributed by atoms with van der Waals surface area (Å²) in [4.78, 5) is 17.4. The lowest BCUT2D eigenvalue weighted by Crippen LogP contribution is -2.50. The van der Waals surface area contributed by atoms with Gasteiger partial charge in [-0.05, 0) is 43.5 Å². The van der Waals surface area contributed by atoms with Crippen molar-refractivity contribution in [2.75, 3.05) is 39.3 Å². The molecule has 3 aliphatic rings. The molecular formula is C26H35Cl2N3O4. The van der Waals surface area contributed by atoms with E-state index in [1.54, 1.807) is 11.0 Å². The fraction of sp³-hybridized carbons (Fsp3) is 0.500. The summed E-state index contributed by atoms with van der Waals surface area (Å²) in [6.07, 6.45) is 0.511. The van der Waals surface area contributed by atoms with E-state index in [0.717, 1.165) is 32.6 Å². The lowest BCUT2D eigenvalue weighted by atomic mass is 9.99. The number of aliphatic hydroxyl groups excluding tert-OH is 1. The van der Waals surface area contributed by atoms with Crippen LogP contribution in [0.5, 0.6) is 11.5 Å². The molecule has 1 fully saturated rings. The molecule has 2 N–H and O–H groups in total. The average molecular weight is 524 g/mol. The molecule has 0 radical (unpaired) electrons. The van der Waals surface area contributed by atoms with Gasteiger partial charge in [-0.15, -0.1) is 24.8 Å². The van der Waals surface area contributed by atoms with Gasteiger partial charge in [0, 0.05) is 45.3 Å². The van der Waals surface area contributed by atoms with Crippen LogP contribution in [0.1, 0.15) is 35.3 Å². The highest BCUT2D eigenvalue weighted by Crippen LogP contribution is 2.33. The van der Waals surface area contributed by atoms with E-state index >= 15 is 0 Å². The van der Waals surface area contributed by atoms with Gasteiger partial charge in [0.1, 0.15) is 23.2 Å². The first-order chi connectivity index (χ1) is 15.9. The minimum Gasteiger partial charge on any atom is -0.488 e. The molecule has 0 spiro atoms. The SMILES string of the molecule is CC1(C)CN(C[C@H](O)CN2CCc3ccccc3C2)C(=O)c2ccc(OC3CNC3)cc2O1.Cl.Cl. The molecule has 2 aromatic rings. The van der Waals surface area contributed by atoms with Crippen molar-refractivity contribution in [2.45, 2.75) is 44.6 Å². The molecule has 3 aliphatic heterocycles. The van der Waals surface area contributed by atoms with Crippen molar-refractivity contribution in [3.63, 3.8) is 0 Å². The molecule has 0 bridgehead atoms. The Morgan fingerprint density at radius 3 is 2.60 bits per heavy atom. The Morgan fingerprint density at radius 1 is 1.14 bits per heavy atom. The number of benzene rings is 2. The number of hydrogen-bond acceptors (Lipinski definition) is 6. The molecule has 1 atom stereocenters. The summed E-state index contributed by atoms with van der Waals surface area (Å²) >= 11 is 0. The number of halogens is 2. The van der Waals surface area contributed by atoms with Gasteiger partial charge >= 0.3 is 0 Å². The molecule has 5 rings (SSSR count). The van der Waals surface area contributed by atoms with Gasteiger partial charge < -0.3 is 24.8 Å². The molecule has 35 heavy (non-hydrogen) atoms. The molecule has 192 valence electrons. The predicted molar refractivity (Wildman–Crippen MR) is 140 cm³/mol. The predicted octanol–water partition coefficient (Wildman–Crippen LogP) is 2.91. The van der Waals surface area contributed by atoms with Crippen molar-refractivity contribution in [3.05, 3.63) is 59.2 Å². The Hall–Kier alpha value is -2.03. The fourth-order valence-electron chi connectivity index (χ4n) is 4.87. The molecule has 9 heteroatoms. The maximum atomic E-state index is 13.4. The second-order valence-corrected chi connectivity index (χ2v) is 10.0. The number of β-amino-alcohol motifs (C(OH)–C–C–N with tert-alkyl or cyclic N) is 1. The first kappa shape index (κ1) is 27.6. The molecule has 0 saturated carbocycles. The van der Waals surface area contributed by atoms with Crippen molar-refractivity contribution in [1.82, 2.24) is 15.1 Å². The van der Waals surface area contributed by atoms with Gasteiger partial charge in [0.2, 0.25) is 0 Å². The van der Waals surface area contributed by atoms with Crippen LogP contribution in [0.3, 0.4) is 0 Å². The highest BCUT2D eigenvalue weighted by molar-refractivity contribution is 5.97. The normalized spacial score (nSPS) is 20.1. The van der Waals surface area contributed by atoms with E-state index in [4.69, 9.17) is 9.47 Å². The van der Waals surface area contributed by atoms with Crippen LogP contribution in [-0.4, -0.2) is 77.9 Å². The molecule has 0 aliphatic carbocycles. The van der Waals surface area contributed by atoms with Gasteiger partial charge in [-0.1, -0.05) is 24.3 Å². The van der Waals surface area contributed by atoms with Crippen LogP contribution in [0.2, 0.25) is 0 Å². The second kappa shape index (κ2) is 11.4. The number of carbonyl (C=O) groups excluding carboxylic acids is 1. The molecule has 0 unspecified atom stereocenters. The molecule has 7 nitrogen and oxygen atoms in total. The summed E-state index contributed by atoms with van der Waals surface area (Å²) in [7, 11) is 0. The van der Waals surface area contributed by atoms with Gasteiger partial charge in [-0.3, -0.25) is 9.69 Å². The Morgan fingerprint density at radius 2 is 1.89 bits per heavy atom. The Kier molecular flexibility index (Phi) is 8.94. The first-order valence-corrected chi connectivity index (χ1v) is 11.8. The van der Waals surface area contributed by atoms with E-state index in [1.807, 2.05) is 26.0 Å². The number of ether oxygens (including phenoxy) is 2. The van der Waals surface area contributed by atoms with Gasteiger partial charge in [-0.2, -0.15) is 0 Å². The Bertz CT molecular complexity index is 1030. The maximum absolute atomic E-state index is 13.4. The topological polar surface area (TPSA) is 74.3 Å². The molecule has 0 aromatic heterocycles. The lowest BCUT2D eigenvalue weighted by molar-refractivity contribution is 0.0287. The molecule has 1 amide bonds. The van der Waals surface area contributed by atoms with E-state index in [9.17, 15) is 9.90 Å². The number of amides is 1. The van der Waals surface area contributed by atoms with Crippen LogP contribution >= 0.6 is 24.8 Å². The van der Waals surface area contributed by atoms with Crippen LogP contribution < -0.4 is 14.8 Å². The highest BCUT2D eigenvalue weighted by Gasteiger charge is 2.35. The van der Waals surface area contributed by atoms with Crippen molar-refractivity contribution < 1.29 is 19.4 Å². The van der Waals surface area contributed by atoms with E-state index < -0.39 is 11.7 Å². The number of nitrogens with one attached hydrogen (secondary N) is 1. The summed E-state index contributed by atoms with van der Waals surface area (Å²) < 4.78 is 12.2. The third kappa shape index (κ3) is 6.40. The van der Waals surface area contributed by atoms with Crippen molar-refractivity contribution >= 4 is 30.7 Å². The van der Waals surface area contributed by atoms with Crippen molar-refractivity contribution in [1.29, 1.82) is 0 Å². The van der Waals surface area contributed by atoms with E-state index in [1.165, 1.54) is 11.1 Å². The molecular weight excluding hydrogens is 489 g/mol. The monoisotopic (exact) mass is 523 g/mol. The average Bonchev–Trinajstić information content (AvgIpc) is 2.83. The van der Waals surface area contributed by atoms with Gasteiger partial charge in [-0.25, -0.2) is 0 Å². The summed E-state index contributed by atoms with van der Waals surface area (Å²) in [5.41, 5.74) is 2.64. The summed E-state index contributed by atoms with van der Waals surface area (Å²) in [5, 5.41) is 14.1. The zero-order valence-electron chi connectivity index (χ0n) is 20.2. The number of rotatable bonds is 6. The number of carbonyl (C=O) groups is 1. The maximum Gasteiger partial charge on any atom is 0.257 e. The van der Waals surface area contributed by atoms with Crippen LogP contribution in [0.15, 0.2) is 42.5 Å². The standard InChI is InChI=1S/C26H33N3O4.2ClH/c1-26(2)17-29(16-20(30)15-28-10-9-18-5-3-4-6-19(18)14-28)25(31)23-8-7-21(11-24(23)33-26)32-22-12-27-13-22;;/h3-8,11,20,22,27,30H,9-10,12-17H2,1-2H3;2*1H/t20-;;/m1../s1. The van der Waals surface area contributed by atoms with Gasteiger partial charge in [0.25, 0.3) is 5.91 Å². The van der Waals surface area contributed by atoms with Crippen molar-refractivity contribution in [3.8, 4) is 11.5 Å². The number of nitrogens with zero attached hydrogens (tertiary/aromatic N) is 2. The van der Waals surface area contributed by atoms with Crippen LogP contribution in [0.25, 0.3) is 0 Å². The number of aliphatic hydroxyl groups is 1. The minimum absolute atomic E-state index is 0. The summed E-state index contributed by atoms with van der Waals surface area (Å²) in [6.45, 7) is 8.57. The number of hydrogen-bond donors (Lipinski definition) is 2. The highest BCUT2D eigenvalue weighted by atomic mass is 35.5. The zero-order chi connectivity index (χ0) is 23.0. The fourth-order valence-corrected chi connectivity index (χ4v) is 4.87. The minimum atomic E-state index is -0.634. The zero-order valence-corrected chi connectivity index (χ0v) is 21.9. The van der Waals surface area contributed by atoms with Crippen LogP contribution in [-0.2, 0) is 13.0 Å². The van der Waals surface area contributed by atoms with E-state index in [2.05, 4.69) is 34.5 Å². The van der Waals surface area contributed by atoms with Crippen molar-refractivity contribution in [2.24, 2.45) is 0 Å². The van der Waals surface area contributed by atoms with Crippen LogP contribution in [0, 0.1) is 0 Å². The van der Waals surface area contributed by atoms with E-state index in [0.29, 0.717) is 30.2 Å². The number of fused-ring (bicyclic) bond motifs is 2. The first-order valence-electron chi connectivity index (χ1n) is 11.8. The Balaban J connectivity index is 0.00000171. The molecule has 3 heterocycles. The second-order valence-electron chi connectivity index (χ2n) is 10.0.